The lowest BCUT2D eigenvalue weighted by Gasteiger charge is -2.64. The maximum absolute atomic E-state index is 13.7. The number of rotatable bonds is 3. The van der Waals surface area contributed by atoms with Crippen LogP contribution in [-0.4, -0.2) is 16.6 Å². The van der Waals surface area contributed by atoms with Crippen molar-refractivity contribution < 1.29 is 18.0 Å². The number of anilines is 1. The van der Waals surface area contributed by atoms with E-state index in [2.05, 4.69) is 10.3 Å². The van der Waals surface area contributed by atoms with E-state index in [0.29, 0.717) is 41.9 Å². The van der Waals surface area contributed by atoms with Gasteiger partial charge in [0.05, 0.1) is 5.41 Å². The molecule has 1 amide bonds. The van der Waals surface area contributed by atoms with Crippen LogP contribution in [0.4, 0.5) is 14.5 Å². The zero-order valence-corrected chi connectivity index (χ0v) is 13.2. The van der Waals surface area contributed by atoms with Crippen LogP contribution in [0.15, 0.2) is 46.9 Å². The van der Waals surface area contributed by atoms with Crippen molar-refractivity contribution in [2.24, 2.45) is 5.41 Å². The third-order valence-electron chi connectivity index (χ3n) is 5.20. The van der Waals surface area contributed by atoms with Gasteiger partial charge in [0, 0.05) is 11.3 Å². The number of benzene rings is 2. The van der Waals surface area contributed by atoms with E-state index < -0.39 is 16.9 Å². The van der Waals surface area contributed by atoms with Gasteiger partial charge in [0.2, 0.25) is 11.8 Å². The number of hydrogen-bond acceptors (Lipinski definition) is 3. The third-order valence-corrected chi connectivity index (χ3v) is 5.20. The summed E-state index contributed by atoms with van der Waals surface area (Å²) in [5.41, 5.74) is 0.291. The van der Waals surface area contributed by atoms with E-state index in [9.17, 15) is 13.6 Å². The number of alkyl halides is 1. The standard InChI is InChI=1S/C19H14F2N2O2/c20-13-2-1-3-14-15(13)25-16(23-14)11-4-6-12(7-5-11)22-17(24)18-8-19(21,9-18)10-18/h1-7H,8-10H2,(H,22,24). The zero-order valence-electron chi connectivity index (χ0n) is 13.2. The Hall–Kier alpha value is -2.76. The van der Waals surface area contributed by atoms with Gasteiger partial charge in [-0.15, -0.1) is 0 Å². The summed E-state index contributed by atoms with van der Waals surface area (Å²) in [6.07, 6.45) is 0.995. The van der Waals surface area contributed by atoms with Crippen LogP contribution < -0.4 is 5.32 Å². The van der Waals surface area contributed by atoms with Gasteiger partial charge in [-0.05, 0) is 55.7 Å². The molecule has 6 rings (SSSR count). The second-order valence-corrected chi connectivity index (χ2v) is 7.10. The number of amides is 1. The van der Waals surface area contributed by atoms with Gasteiger partial charge >= 0.3 is 0 Å². The second kappa shape index (κ2) is 4.65. The van der Waals surface area contributed by atoms with E-state index in [0.717, 1.165) is 0 Å². The van der Waals surface area contributed by atoms with Crippen molar-refractivity contribution in [2.45, 2.75) is 24.9 Å². The average Bonchev–Trinajstić information content (AvgIpc) is 2.97. The Morgan fingerprint density at radius 2 is 1.84 bits per heavy atom. The molecule has 2 aromatic carbocycles. The minimum atomic E-state index is -1.09. The van der Waals surface area contributed by atoms with Crippen molar-refractivity contribution in [2.75, 3.05) is 5.32 Å². The second-order valence-electron chi connectivity index (χ2n) is 7.10. The highest BCUT2D eigenvalue weighted by Gasteiger charge is 2.72. The molecule has 1 aromatic heterocycles. The van der Waals surface area contributed by atoms with Gasteiger partial charge < -0.3 is 9.73 Å². The van der Waals surface area contributed by atoms with Gasteiger partial charge in [-0.3, -0.25) is 4.79 Å². The maximum Gasteiger partial charge on any atom is 0.230 e. The molecule has 1 heterocycles. The molecular formula is C19H14F2N2O2. The Morgan fingerprint density at radius 3 is 2.48 bits per heavy atom. The minimum absolute atomic E-state index is 0.122. The fourth-order valence-corrected chi connectivity index (χ4v) is 3.90. The monoisotopic (exact) mass is 340 g/mol. The summed E-state index contributed by atoms with van der Waals surface area (Å²) in [6.45, 7) is 0. The van der Waals surface area contributed by atoms with Crippen LogP contribution in [0.25, 0.3) is 22.6 Å². The summed E-state index contributed by atoms with van der Waals surface area (Å²) in [6, 6.07) is 11.5. The molecule has 126 valence electrons. The summed E-state index contributed by atoms with van der Waals surface area (Å²) < 4.78 is 32.7. The van der Waals surface area contributed by atoms with Gasteiger partial charge in [0.1, 0.15) is 11.2 Å². The number of aromatic nitrogens is 1. The molecule has 0 aliphatic heterocycles. The summed E-state index contributed by atoms with van der Waals surface area (Å²) in [5.74, 6) is -0.259. The molecule has 3 fully saturated rings. The molecule has 0 unspecified atom stereocenters. The quantitative estimate of drug-likeness (QED) is 0.766. The fraction of sp³-hybridized carbons (Fsp3) is 0.263. The molecule has 4 nitrogen and oxygen atoms in total. The lowest BCUT2D eigenvalue weighted by atomic mass is 9.42. The summed E-state index contributed by atoms with van der Waals surface area (Å²) in [4.78, 5) is 16.5. The molecule has 2 bridgehead atoms. The molecule has 0 spiro atoms. The van der Waals surface area contributed by atoms with Gasteiger partial charge in [-0.2, -0.15) is 0 Å². The van der Waals surface area contributed by atoms with E-state index in [1.165, 1.54) is 6.07 Å². The van der Waals surface area contributed by atoms with Crippen LogP contribution in [0.2, 0.25) is 0 Å². The van der Waals surface area contributed by atoms with Gasteiger partial charge in [-0.1, -0.05) is 6.07 Å². The SMILES string of the molecule is O=C(Nc1ccc(-c2nc3cccc(F)c3o2)cc1)C12CC(F)(C1)C2. The largest absolute Gasteiger partial charge is 0.433 e. The Morgan fingerprint density at radius 1 is 1.12 bits per heavy atom. The van der Waals surface area contributed by atoms with Crippen LogP contribution >= 0.6 is 0 Å². The van der Waals surface area contributed by atoms with Crippen LogP contribution in [0.1, 0.15) is 19.3 Å². The summed E-state index contributed by atoms with van der Waals surface area (Å²) in [5, 5.41) is 2.84. The van der Waals surface area contributed by atoms with E-state index >= 15 is 0 Å². The number of fused-ring (bicyclic) bond motifs is 1. The van der Waals surface area contributed by atoms with E-state index in [1.54, 1.807) is 36.4 Å². The van der Waals surface area contributed by atoms with Crippen LogP contribution in [0.3, 0.4) is 0 Å². The summed E-state index contributed by atoms with van der Waals surface area (Å²) in [7, 11) is 0. The minimum Gasteiger partial charge on any atom is -0.433 e. The van der Waals surface area contributed by atoms with E-state index in [-0.39, 0.29) is 11.5 Å². The number of carbonyl (C=O) groups is 1. The molecule has 3 saturated carbocycles. The first-order chi connectivity index (χ1) is 12.0. The molecule has 3 aromatic rings. The van der Waals surface area contributed by atoms with Crippen molar-refractivity contribution in [3.8, 4) is 11.5 Å². The first-order valence-corrected chi connectivity index (χ1v) is 8.12. The highest BCUT2D eigenvalue weighted by atomic mass is 19.1. The smallest absolute Gasteiger partial charge is 0.230 e. The molecule has 3 aliphatic carbocycles. The summed E-state index contributed by atoms with van der Waals surface area (Å²) >= 11 is 0. The van der Waals surface area contributed by atoms with Crippen molar-refractivity contribution in [3.63, 3.8) is 0 Å². The average molecular weight is 340 g/mol. The van der Waals surface area contributed by atoms with E-state index in [4.69, 9.17) is 4.42 Å². The van der Waals surface area contributed by atoms with Crippen molar-refractivity contribution >= 4 is 22.7 Å². The predicted molar refractivity (Wildman–Crippen MR) is 88.2 cm³/mol. The van der Waals surface area contributed by atoms with Gasteiger partial charge in [0.25, 0.3) is 0 Å². The molecule has 0 saturated heterocycles. The van der Waals surface area contributed by atoms with Gasteiger partial charge in [-0.25, -0.2) is 13.8 Å². The Kier molecular flexibility index (Phi) is 2.71. The van der Waals surface area contributed by atoms with Crippen LogP contribution in [-0.2, 0) is 4.79 Å². The number of hydrogen-bond donors (Lipinski definition) is 1. The van der Waals surface area contributed by atoms with Crippen LogP contribution in [0, 0.1) is 11.2 Å². The number of oxazole rings is 1. The normalized spacial score (nSPS) is 26.8. The Balaban J connectivity index is 1.36. The molecular weight excluding hydrogens is 326 g/mol. The third kappa shape index (κ3) is 2.10. The number of nitrogens with one attached hydrogen (secondary N) is 1. The first kappa shape index (κ1) is 14.6. The molecule has 25 heavy (non-hydrogen) atoms. The first-order valence-electron chi connectivity index (χ1n) is 8.12. The number of para-hydroxylation sites is 1. The molecule has 0 atom stereocenters. The van der Waals surface area contributed by atoms with Crippen LogP contribution in [0.5, 0.6) is 0 Å². The zero-order chi connectivity index (χ0) is 17.2. The lowest BCUT2D eigenvalue weighted by Crippen LogP contribution is -2.68. The van der Waals surface area contributed by atoms with E-state index in [1.807, 2.05) is 0 Å². The predicted octanol–water partition coefficient (Wildman–Crippen LogP) is 4.46. The maximum atomic E-state index is 13.7. The molecule has 3 aliphatic rings. The fourth-order valence-electron chi connectivity index (χ4n) is 3.90. The Labute approximate surface area is 141 Å². The number of carbonyl (C=O) groups excluding carboxylic acids is 1. The number of nitrogens with zero attached hydrogens (tertiary/aromatic N) is 1. The Bertz CT molecular complexity index is 990. The molecule has 1 N–H and O–H groups in total. The highest BCUT2D eigenvalue weighted by Crippen LogP contribution is 2.69. The lowest BCUT2D eigenvalue weighted by molar-refractivity contribution is -0.209. The number of halogens is 2. The van der Waals surface area contributed by atoms with Crippen molar-refractivity contribution in [1.82, 2.24) is 4.98 Å². The molecule has 0 radical (unpaired) electrons. The van der Waals surface area contributed by atoms with Crippen molar-refractivity contribution in [3.05, 3.63) is 48.3 Å². The van der Waals surface area contributed by atoms with Crippen molar-refractivity contribution in [1.29, 1.82) is 0 Å². The molecule has 6 heteroatoms. The highest BCUT2D eigenvalue weighted by molar-refractivity contribution is 5.98. The van der Waals surface area contributed by atoms with Gasteiger partial charge in [0.15, 0.2) is 11.4 Å². The topological polar surface area (TPSA) is 55.1 Å².